The number of alkyl halides is 3. The highest BCUT2D eigenvalue weighted by Gasteiger charge is 2.60. The molecule has 7 heteroatoms. The van der Waals surface area contributed by atoms with E-state index >= 15 is 0 Å². The third kappa shape index (κ3) is 3.88. The number of hydrazone groups is 1. The van der Waals surface area contributed by atoms with E-state index in [9.17, 15) is 18.0 Å². The highest BCUT2D eigenvalue weighted by molar-refractivity contribution is 6.04. The first-order valence-electron chi connectivity index (χ1n) is 8.90. The van der Waals surface area contributed by atoms with Crippen molar-refractivity contribution in [2.24, 2.45) is 5.10 Å². The van der Waals surface area contributed by atoms with Gasteiger partial charge in [0, 0.05) is 18.4 Å². The zero-order valence-electron chi connectivity index (χ0n) is 15.7. The molecule has 1 amide bonds. The Morgan fingerprint density at radius 1 is 1.18 bits per heavy atom. The Bertz CT molecular complexity index is 881. The van der Waals surface area contributed by atoms with Gasteiger partial charge in [0.1, 0.15) is 5.75 Å². The fraction of sp³-hybridized carbons (Fsp3) is 0.333. The van der Waals surface area contributed by atoms with Crippen LogP contribution in [0, 0.1) is 0 Å². The summed E-state index contributed by atoms with van der Waals surface area (Å²) in [7, 11) is 1.48. The monoisotopic (exact) mass is 390 g/mol. The highest BCUT2D eigenvalue weighted by atomic mass is 19.4. The normalized spacial score (nSPS) is 19.5. The molecular formula is C21H21F3N2O2. The minimum absolute atomic E-state index is 0.0510. The molecule has 0 fully saturated rings. The van der Waals surface area contributed by atoms with E-state index in [1.807, 2.05) is 30.3 Å². The molecule has 0 N–H and O–H groups in total. The van der Waals surface area contributed by atoms with Crippen LogP contribution in [0.1, 0.15) is 30.9 Å². The van der Waals surface area contributed by atoms with E-state index in [0.29, 0.717) is 22.7 Å². The average Bonchev–Trinajstić information content (AvgIpc) is 3.06. The van der Waals surface area contributed by atoms with Crippen LogP contribution in [-0.2, 0) is 11.2 Å². The number of aryl methyl sites for hydroxylation is 1. The van der Waals surface area contributed by atoms with Crippen molar-refractivity contribution < 1.29 is 22.7 Å². The number of amides is 1. The molecule has 1 unspecified atom stereocenters. The lowest BCUT2D eigenvalue weighted by Crippen LogP contribution is -2.54. The van der Waals surface area contributed by atoms with Crippen molar-refractivity contribution in [3.63, 3.8) is 0 Å². The van der Waals surface area contributed by atoms with Crippen molar-refractivity contribution in [2.75, 3.05) is 7.11 Å². The first-order chi connectivity index (χ1) is 13.2. The predicted molar refractivity (Wildman–Crippen MR) is 100 cm³/mol. The fourth-order valence-corrected chi connectivity index (χ4v) is 3.18. The van der Waals surface area contributed by atoms with E-state index in [2.05, 4.69) is 5.10 Å². The van der Waals surface area contributed by atoms with Crippen LogP contribution in [0.2, 0.25) is 0 Å². The van der Waals surface area contributed by atoms with Crippen molar-refractivity contribution in [3.05, 3.63) is 65.7 Å². The SMILES string of the molecule is COc1cccc(C2=NN(C(=O)CCc3ccccc3)C(C)(C(F)(F)F)C2)c1. The van der Waals surface area contributed by atoms with Gasteiger partial charge < -0.3 is 4.74 Å². The highest BCUT2D eigenvalue weighted by Crippen LogP contribution is 2.43. The van der Waals surface area contributed by atoms with E-state index in [-0.39, 0.29) is 12.1 Å². The van der Waals surface area contributed by atoms with Gasteiger partial charge in [0.05, 0.1) is 12.8 Å². The van der Waals surface area contributed by atoms with Crippen LogP contribution in [-0.4, -0.2) is 35.5 Å². The van der Waals surface area contributed by atoms with Crippen LogP contribution in [0.25, 0.3) is 0 Å². The summed E-state index contributed by atoms with van der Waals surface area (Å²) in [5, 5.41) is 4.71. The zero-order valence-corrected chi connectivity index (χ0v) is 15.7. The number of rotatable bonds is 5. The average molecular weight is 390 g/mol. The second-order valence-electron chi connectivity index (χ2n) is 6.92. The second kappa shape index (κ2) is 7.66. The summed E-state index contributed by atoms with van der Waals surface area (Å²) < 4.78 is 46.7. The lowest BCUT2D eigenvalue weighted by molar-refractivity contribution is -0.220. The summed E-state index contributed by atoms with van der Waals surface area (Å²) in [5.41, 5.74) is -0.764. The topological polar surface area (TPSA) is 41.9 Å². The molecule has 1 heterocycles. The van der Waals surface area contributed by atoms with E-state index in [0.717, 1.165) is 12.5 Å². The quantitative estimate of drug-likeness (QED) is 0.750. The fourth-order valence-electron chi connectivity index (χ4n) is 3.18. The van der Waals surface area contributed by atoms with Gasteiger partial charge in [0.2, 0.25) is 5.91 Å². The van der Waals surface area contributed by atoms with Crippen LogP contribution in [0.5, 0.6) is 5.75 Å². The van der Waals surface area contributed by atoms with Crippen LogP contribution in [0.15, 0.2) is 59.7 Å². The number of hydrogen-bond acceptors (Lipinski definition) is 3. The molecule has 28 heavy (non-hydrogen) atoms. The maximum atomic E-state index is 13.9. The van der Waals surface area contributed by atoms with Gasteiger partial charge in [0.15, 0.2) is 5.54 Å². The number of benzene rings is 2. The summed E-state index contributed by atoms with van der Waals surface area (Å²) in [5.74, 6) is -0.135. The molecule has 0 bridgehead atoms. The molecule has 0 spiro atoms. The Balaban J connectivity index is 1.87. The maximum Gasteiger partial charge on any atom is 0.413 e. The van der Waals surface area contributed by atoms with Crippen LogP contribution in [0.3, 0.4) is 0 Å². The van der Waals surface area contributed by atoms with Crippen LogP contribution >= 0.6 is 0 Å². The number of carbonyl (C=O) groups is 1. The lowest BCUT2D eigenvalue weighted by atomic mass is 9.91. The van der Waals surface area contributed by atoms with Gasteiger partial charge in [-0.2, -0.15) is 18.3 Å². The standard InChI is InChI=1S/C21H21F3N2O2/c1-20(21(22,23)24)14-18(16-9-6-10-17(13-16)28-2)25-26(20)19(27)12-11-15-7-4-3-5-8-15/h3-10,13H,11-12,14H2,1-2H3. The Morgan fingerprint density at radius 2 is 1.89 bits per heavy atom. The lowest BCUT2D eigenvalue weighted by Gasteiger charge is -2.34. The Kier molecular flexibility index (Phi) is 5.45. The van der Waals surface area contributed by atoms with E-state index < -0.39 is 24.0 Å². The molecule has 148 valence electrons. The summed E-state index contributed by atoms with van der Waals surface area (Å²) in [4.78, 5) is 12.7. The van der Waals surface area contributed by atoms with Crippen molar-refractivity contribution in [3.8, 4) is 5.75 Å². The van der Waals surface area contributed by atoms with Crippen LogP contribution < -0.4 is 4.74 Å². The Hall–Kier alpha value is -2.83. The van der Waals surface area contributed by atoms with Crippen molar-refractivity contribution in [2.45, 2.75) is 37.9 Å². The van der Waals surface area contributed by atoms with Gasteiger partial charge in [0.25, 0.3) is 0 Å². The molecular weight excluding hydrogens is 369 g/mol. The summed E-state index contributed by atoms with van der Waals surface area (Å²) >= 11 is 0. The maximum absolute atomic E-state index is 13.9. The smallest absolute Gasteiger partial charge is 0.413 e. The molecule has 3 rings (SSSR count). The van der Waals surface area contributed by atoms with E-state index in [1.54, 1.807) is 24.3 Å². The number of hydrogen-bond donors (Lipinski definition) is 0. The number of ether oxygens (including phenoxy) is 1. The molecule has 4 nitrogen and oxygen atoms in total. The third-order valence-electron chi connectivity index (χ3n) is 4.92. The van der Waals surface area contributed by atoms with Gasteiger partial charge in [-0.1, -0.05) is 42.5 Å². The number of nitrogens with zero attached hydrogens (tertiary/aromatic N) is 2. The first-order valence-corrected chi connectivity index (χ1v) is 8.90. The molecule has 0 aromatic heterocycles. The summed E-state index contributed by atoms with van der Waals surface area (Å²) in [6.07, 6.45) is -4.71. The van der Waals surface area contributed by atoms with Gasteiger partial charge in [-0.15, -0.1) is 0 Å². The Morgan fingerprint density at radius 3 is 2.54 bits per heavy atom. The van der Waals surface area contributed by atoms with Gasteiger partial charge in [-0.25, -0.2) is 5.01 Å². The summed E-state index contributed by atoms with van der Waals surface area (Å²) in [6, 6.07) is 15.8. The van der Waals surface area contributed by atoms with Gasteiger partial charge in [-0.3, -0.25) is 4.79 Å². The van der Waals surface area contributed by atoms with Crippen molar-refractivity contribution >= 4 is 11.6 Å². The molecule has 0 saturated heterocycles. The van der Waals surface area contributed by atoms with Crippen molar-refractivity contribution in [1.82, 2.24) is 5.01 Å². The number of methoxy groups -OCH3 is 1. The number of carbonyl (C=O) groups excluding carboxylic acids is 1. The predicted octanol–water partition coefficient (Wildman–Crippen LogP) is 4.59. The molecule has 2 aromatic rings. The number of halogens is 3. The second-order valence-corrected chi connectivity index (χ2v) is 6.92. The van der Waals surface area contributed by atoms with Crippen LogP contribution in [0.4, 0.5) is 13.2 Å². The molecule has 2 aromatic carbocycles. The molecule has 1 aliphatic heterocycles. The molecule has 0 aliphatic carbocycles. The van der Waals surface area contributed by atoms with Gasteiger partial charge >= 0.3 is 6.18 Å². The zero-order chi connectivity index (χ0) is 20.4. The van der Waals surface area contributed by atoms with Crippen molar-refractivity contribution in [1.29, 1.82) is 0 Å². The van der Waals surface area contributed by atoms with Gasteiger partial charge in [-0.05, 0) is 31.0 Å². The largest absolute Gasteiger partial charge is 0.497 e. The first kappa shape index (κ1) is 19.9. The molecule has 0 saturated carbocycles. The Labute approximate surface area is 161 Å². The molecule has 1 aliphatic rings. The molecule has 1 atom stereocenters. The summed E-state index contributed by atoms with van der Waals surface area (Å²) in [6.45, 7) is 1.02. The minimum Gasteiger partial charge on any atom is -0.497 e. The molecule has 0 radical (unpaired) electrons. The minimum atomic E-state index is -4.61. The van der Waals surface area contributed by atoms with E-state index in [1.165, 1.54) is 7.11 Å². The third-order valence-corrected chi connectivity index (χ3v) is 4.92. The van der Waals surface area contributed by atoms with E-state index in [4.69, 9.17) is 4.74 Å².